The first-order chi connectivity index (χ1) is 12.0. The third-order valence-electron chi connectivity index (χ3n) is 3.93. The number of furan rings is 1. The predicted molar refractivity (Wildman–Crippen MR) is 89.8 cm³/mol. The maximum absolute atomic E-state index is 12.3. The number of amides is 1. The Bertz CT molecular complexity index is 895. The molecule has 2 heterocycles. The number of aromatic carboxylic acids is 1. The molecular formula is C18H17N3O4. The average Bonchev–Trinajstić information content (AvgIpc) is 3.24. The predicted octanol–water partition coefficient (Wildman–Crippen LogP) is 2.96. The number of aromatic nitrogens is 2. The second-order valence-corrected chi connectivity index (χ2v) is 5.62. The standard InChI is InChI=1S/C18H17N3O4/c1-11(16-4-3-9-25-16)20-17(22)13-5-7-14(8-6-13)21-12(2)15(10-19-21)18(23)24/h3-11H,1-2H3,(H,20,22)(H,23,24). The van der Waals surface area contributed by atoms with Crippen LogP contribution in [0.5, 0.6) is 0 Å². The van der Waals surface area contributed by atoms with Crippen LogP contribution in [0.25, 0.3) is 5.69 Å². The second kappa shape index (κ2) is 6.64. The summed E-state index contributed by atoms with van der Waals surface area (Å²) < 4.78 is 6.79. The lowest BCUT2D eigenvalue weighted by molar-refractivity contribution is 0.0695. The Balaban J connectivity index is 1.76. The molecule has 7 nitrogen and oxygen atoms in total. The molecule has 0 saturated heterocycles. The van der Waals surface area contributed by atoms with Crippen LogP contribution in [0.15, 0.2) is 53.3 Å². The van der Waals surface area contributed by atoms with Crippen molar-refractivity contribution in [1.82, 2.24) is 15.1 Å². The molecule has 0 aliphatic carbocycles. The van der Waals surface area contributed by atoms with Gasteiger partial charge in [-0.15, -0.1) is 0 Å². The van der Waals surface area contributed by atoms with Gasteiger partial charge in [0.1, 0.15) is 11.3 Å². The normalized spacial score (nSPS) is 11.9. The van der Waals surface area contributed by atoms with Crippen molar-refractivity contribution in [1.29, 1.82) is 0 Å². The van der Waals surface area contributed by atoms with Crippen LogP contribution in [-0.2, 0) is 0 Å². The summed E-state index contributed by atoms with van der Waals surface area (Å²) in [6.45, 7) is 3.52. The van der Waals surface area contributed by atoms with Gasteiger partial charge in [-0.3, -0.25) is 4.79 Å². The Hall–Kier alpha value is -3.35. The SMILES string of the molecule is Cc1c(C(=O)O)cnn1-c1ccc(C(=O)NC(C)c2ccco2)cc1. The van der Waals surface area contributed by atoms with E-state index in [0.29, 0.717) is 22.7 Å². The molecule has 2 aromatic heterocycles. The van der Waals surface area contributed by atoms with Gasteiger partial charge in [0.2, 0.25) is 0 Å². The average molecular weight is 339 g/mol. The highest BCUT2D eigenvalue weighted by Gasteiger charge is 2.15. The minimum Gasteiger partial charge on any atom is -0.478 e. The monoisotopic (exact) mass is 339 g/mol. The van der Waals surface area contributed by atoms with Gasteiger partial charge < -0.3 is 14.8 Å². The molecule has 1 amide bonds. The number of benzene rings is 1. The molecule has 0 saturated carbocycles. The van der Waals surface area contributed by atoms with Crippen molar-refractivity contribution in [3.05, 3.63) is 71.4 Å². The topological polar surface area (TPSA) is 97.4 Å². The number of carboxylic acid groups (broad SMARTS) is 1. The van der Waals surface area contributed by atoms with E-state index in [2.05, 4.69) is 10.4 Å². The highest BCUT2D eigenvalue weighted by atomic mass is 16.4. The summed E-state index contributed by atoms with van der Waals surface area (Å²) in [5.41, 5.74) is 1.84. The second-order valence-electron chi connectivity index (χ2n) is 5.62. The third-order valence-corrected chi connectivity index (χ3v) is 3.93. The maximum Gasteiger partial charge on any atom is 0.339 e. The zero-order valence-corrected chi connectivity index (χ0v) is 13.8. The van der Waals surface area contributed by atoms with E-state index >= 15 is 0 Å². The van der Waals surface area contributed by atoms with E-state index in [1.807, 2.05) is 6.92 Å². The summed E-state index contributed by atoms with van der Waals surface area (Å²) in [5.74, 6) is -0.566. The maximum atomic E-state index is 12.3. The summed E-state index contributed by atoms with van der Waals surface area (Å²) in [5, 5.41) is 16.0. The van der Waals surface area contributed by atoms with Crippen molar-refractivity contribution in [2.45, 2.75) is 19.9 Å². The van der Waals surface area contributed by atoms with Crippen LogP contribution in [-0.4, -0.2) is 26.8 Å². The van der Waals surface area contributed by atoms with Gasteiger partial charge in [0.25, 0.3) is 5.91 Å². The van der Waals surface area contributed by atoms with Gasteiger partial charge in [-0.25, -0.2) is 9.48 Å². The zero-order chi connectivity index (χ0) is 18.0. The highest BCUT2D eigenvalue weighted by molar-refractivity contribution is 5.94. The first-order valence-corrected chi connectivity index (χ1v) is 7.70. The molecule has 0 spiro atoms. The van der Waals surface area contributed by atoms with Crippen LogP contribution < -0.4 is 5.32 Å². The van der Waals surface area contributed by atoms with Gasteiger partial charge >= 0.3 is 5.97 Å². The molecule has 1 atom stereocenters. The van der Waals surface area contributed by atoms with Crippen molar-refractivity contribution < 1.29 is 19.1 Å². The highest BCUT2D eigenvalue weighted by Crippen LogP contribution is 2.16. The largest absolute Gasteiger partial charge is 0.478 e. The van der Waals surface area contributed by atoms with Gasteiger partial charge in [0.05, 0.1) is 29.9 Å². The van der Waals surface area contributed by atoms with Gasteiger partial charge in [-0.1, -0.05) is 0 Å². The number of nitrogens with one attached hydrogen (secondary N) is 1. The molecule has 2 N–H and O–H groups in total. The van der Waals surface area contributed by atoms with Gasteiger partial charge in [0.15, 0.2) is 0 Å². The summed E-state index contributed by atoms with van der Waals surface area (Å²) in [4.78, 5) is 23.4. The lowest BCUT2D eigenvalue weighted by atomic mass is 10.1. The number of rotatable bonds is 5. The Kier molecular flexibility index (Phi) is 4.38. The Morgan fingerprint density at radius 1 is 1.24 bits per heavy atom. The molecule has 25 heavy (non-hydrogen) atoms. The number of nitrogens with zero attached hydrogens (tertiary/aromatic N) is 2. The smallest absolute Gasteiger partial charge is 0.339 e. The van der Waals surface area contributed by atoms with Gasteiger partial charge in [0, 0.05) is 5.56 Å². The lowest BCUT2D eigenvalue weighted by Gasteiger charge is -2.12. The zero-order valence-electron chi connectivity index (χ0n) is 13.8. The van der Waals surface area contributed by atoms with E-state index in [4.69, 9.17) is 9.52 Å². The van der Waals surface area contributed by atoms with E-state index < -0.39 is 5.97 Å². The molecule has 3 rings (SSSR count). The van der Waals surface area contributed by atoms with Crippen molar-refractivity contribution >= 4 is 11.9 Å². The Morgan fingerprint density at radius 3 is 2.52 bits per heavy atom. The fourth-order valence-electron chi connectivity index (χ4n) is 2.52. The number of hydrogen-bond donors (Lipinski definition) is 2. The van der Waals surface area contributed by atoms with Crippen molar-refractivity contribution in [2.24, 2.45) is 0 Å². The van der Waals surface area contributed by atoms with E-state index in [0.717, 1.165) is 0 Å². The fourth-order valence-corrected chi connectivity index (χ4v) is 2.52. The molecular weight excluding hydrogens is 322 g/mol. The summed E-state index contributed by atoms with van der Waals surface area (Å²) in [6, 6.07) is 10.1. The van der Waals surface area contributed by atoms with Crippen LogP contribution in [0.2, 0.25) is 0 Å². The van der Waals surface area contributed by atoms with Crippen molar-refractivity contribution in [2.75, 3.05) is 0 Å². The van der Waals surface area contributed by atoms with Crippen LogP contribution in [0.4, 0.5) is 0 Å². The van der Waals surface area contributed by atoms with E-state index in [9.17, 15) is 9.59 Å². The molecule has 7 heteroatoms. The van der Waals surface area contributed by atoms with Crippen LogP contribution in [0.1, 0.15) is 45.1 Å². The van der Waals surface area contributed by atoms with Crippen LogP contribution in [0.3, 0.4) is 0 Å². The minimum absolute atomic E-state index is 0.147. The number of hydrogen-bond acceptors (Lipinski definition) is 4. The van der Waals surface area contributed by atoms with Gasteiger partial charge in [-0.2, -0.15) is 5.10 Å². The van der Waals surface area contributed by atoms with Crippen molar-refractivity contribution in [3.8, 4) is 5.69 Å². The molecule has 128 valence electrons. The number of carbonyl (C=O) groups is 2. The van der Waals surface area contributed by atoms with Crippen molar-refractivity contribution in [3.63, 3.8) is 0 Å². The summed E-state index contributed by atoms with van der Waals surface area (Å²) in [6.07, 6.45) is 2.87. The Morgan fingerprint density at radius 2 is 1.96 bits per heavy atom. The van der Waals surface area contributed by atoms with E-state index in [-0.39, 0.29) is 17.5 Å². The summed E-state index contributed by atoms with van der Waals surface area (Å²) in [7, 11) is 0. The molecule has 1 unspecified atom stereocenters. The molecule has 1 aromatic carbocycles. The first kappa shape index (κ1) is 16.5. The Labute approximate surface area is 143 Å². The lowest BCUT2D eigenvalue weighted by Crippen LogP contribution is -2.26. The minimum atomic E-state index is -1.02. The van der Waals surface area contributed by atoms with E-state index in [1.165, 1.54) is 10.9 Å². The summed E-state index contributed by atoms with van der Waals surface area (Å²) >= 11 is 0. The molecule has 0 aliphatic rings. The van der Waals surface area contributed by atoms with Crippen LogP contribution in [0, 0.1) is 6.92 Å². The molecule has 0 radical (unpaired) electrons. The number of carbonyl (C=O) groups excluding carboxylic acids is 1. The number of carboxylic acids is 1. The van der Waals surface area contributed by atoms with Gasteiger partial charge in [-0.05, 0) is 50.2 Å². The first-order valence-electron chi connectivity index (χ1n) is 7.70. The molecule has 0 fully saturated rings. The quantitative estimate of drug-likeness (QED) is 0.745. The molecule has 0 aliphatic heterocycles. The molecule has 3 aromatic rings. The van der Waals surface area contributed by atoms with Crippen LogP contribution >= 0.6 is 0 Å². The third kappa shape index (κ3) is 3.30. The van der Waals surface area contributed by atoms with E-state index in [1.54, 1.807) is 49.6 Å². The molecule has 0 bridgehead atoms. The fraction of sp³-hybridized carbons (Fsp3) is 0.167.